The number of nitrogens with zero attached hydrogens (tertiary/aromatic N) is 1. The van der Waals surface area contributed by atoms with E-state index >= 15 is 0 Å². The number of aryl methyl sites for hydroxylation is 1. The molecule has 6 heteroatoms. The average Bonchev–Trinajstić information content (AvgIpc) is 2.68. The predicted molar refractivity (Wildman–Crippen MR) is 83.0 cm³/mol. The van der Waals surface area contributed by atoms with Crippen LogP contribution in [0.3, 0.4) is 0 Å². The molecule has 2 aromatic rings. The number of thiazole rings is 1. The van der Waals surface area contributed by atoms with E-state index in [4.69, 9.17) is 5.73 Å². The monoisotopic (exact) mass is 307 g/mol. The Balaban J connectivity index is 2.07. The van der Waals surface area contributed by atoms with E-state index in [1.165, 1.54) is 23.5 Å². The zero-order chi connectivity index (χ0) is 15.4. The molecule has 1 aromatic heterocycles. The van der Waals surface area contributed by atoms with Crippen LogP contribution >= 0.6 is 11.3 Å². The molecule has 1 atom stereocenters. The highest BCUT2D eigenvalue weighted by atomic mass is 32.1. The summed E-state index contributed by atoms with van der Waals surface area (Å²) in [6, 6.07) is 6.30. The number of carbonyl (C=O) groups excluding carboxylic acids is 1. The summed E-state index contributed by atoms with van der Waals surface area (Å²) in [5, 5.41) is 3.31. The number of nitrogens with one attached hydrogen (secondary N) is 1. The van der Waals surface area contributed by atoms with E-state index in [-0.39, 0.29) is 24.2 Å². The minimum atomic E-state index is -0.250. The highest BCUT2D eigenvalue weighted by Gasteiger charge is 2.12. The summed E-state index contributed by atoms with van der Waals surface area (Å²) >= 11 is 1.41. The van der Waals surface area contributed by atoms with Crippen LogP contribution in [0, 0.1) is 12.7 Å². The van der Waals surface area contributed by atoms with Gasteiger partial charge in [0.2, 0.25) is 5.91 Å². The van der Waals surface area contributed by atoms with Crippen LogP contribution in [0.2, 0.25) is 0 Å². The summed E-state index contributed by atoms with van der Waals surface area (Å²) in [6.45, 7) is 3.66. The van der Waals surface area contributed by atoms with Gasteiger partial charge in [-0.1, -0.05) is 12.1 Å². The lowest BCUT2D eigenvalue weighted by Gasteiger charge is -2.03. The molecule has 1 amide bonds. The van der Waals surface area contributed by atoms with Gasteiger partial charge in [0.15, 0.2) is 5.13 Å². The van der Waals surface area contributed by atoms with E-state index in [9.17, 15) is 9.18 Å². The number of carbonyl (C=O) groups is 1. The molecular formula is C15H18FN3OS. The second-order valence-corrected chi connectivity index (χ2v) is 6.15. The van der Waals surface area contributed by atoms with E-state index in [2.05, 4.69) is 10.3 Å². The summed E-state index contributed by atoms with van der Waals surface area (Å²) < 4.78 is 13.2. The topological polar surface area (TPSA) is 68.0 Å². The molecule has 0 radical (unpaired) electrons. The molecule has 2 rings (SSSR count). The third-order valence-electron chi connectivity index (χ3n) is 2.90. The van der Waals surface area contributed by atoms with Crippen molar-refractivity contribution in [1.82, 2.24) is 4.98 Å². The van der Waals surface area contributed by atoms with Gasteiger partial charge >= 0.3 is 0 Å². The normalized spacial score (nSPS) is 12.2. The molecule has 4 nitrogen and oxygen atoms in total. The fraction of sp³-hybridized carbons (Fsp3) is 0.333. The Morgan fingerprint density at radius 3 is 2.95 bits per heavy atom. The smallest absolute Gasteiger partial charge is 0.227 e. The standard InChI is InChI=1S/C15H18FN3OS/c1-9(17)6-14(20)19-15-18-10(2)13(21-15)8-11-4-3-5-12(16)7-11/h3-5,7,9H,6,8,17H2,1-2H3,(H,18,19,20). The largest absolute Gasteiger partial charge is 0.327 e. The second-order valence-electron chi connectivity index (χ2n) is 5.06. The minimum absolute atomic E-state index is 0.143. The van der Waals surface area contributed by atoms with Crippen molar-refractivity contribution in [2.24, 2.45) is 5.73 Å². The van der Waals surface area contributed by atoms with Crippen LogP contribution in [-0.2, 0) is 11.2 Å². The third-order valence-corrected chi connectivity index (χ3v) is 3.97. The summed E-state index contributed by atoms with van der Waals surface area (Å²) in [7, 11) is 0. The Labute approximate surface area is 127 Å². The molecular weight excluding hydrogens is 289 g/mol. The van der Waals surface area contributed by atoms with Crippen molar-refractivity contribution in [3.63, 3.8) is 0 Å². The van der Waals surface area contributed by atoms with Gasteiger partial charge in [-0.05, 0) is 31.5 Å². The molecule has 0 spiro atoms. The summed E-state index contributed by atoms with van der Waals surface area (Å²) in [5.74, 6) is -0.392. The Morgan fingerprint density at radius 2 is 2.29 bits per heavy atom. The molecule has 0 bridgehead atoms. The first-order chi connectivity index (χ1) is 9.94. The van der Waals surface area contributed by atoms with Gasteiger partial charge in [0, 0.05) is 23.8 Å². The molecule has 0 aliphatic carbocycles. The quantitative estimate of drug-likeness (QED) is 0.892. The number of aromatic nitrogens is 1. The first-order valence-corrected chi connectivity index (χ1v) is 7.52. The molecule has 0 saturated carbocycles. The van der Waals surface area contributed by atoms with Crippen molar-refractivity contribution in [2.75, 3.05) is 5.32 Å². The molecule has 1 unspecified atom stereocenters. The average molecular weight is 307 g/mol. The molecule has 112 valence electrons. The van der Waals surface area contributed by atoms with E-state index in [0.717, 1.165) is 16.1 Å². The van der Waals surface area contributed by atoms with E-state index < -0.39 is 0 Å². The van der Waals surface area contributed by atoms with Crippen molar-refractivity contribution < 1.29 is 9.18 Å². The van der Waals surface area contributed by atoms with Crippen molar-refractivity contribution in [1.29, 1.82) is 0 Å². The second kappa shape index (κ2) is 6.78. The lowest BCUT2D eigenvalue weighted by molar-refractivity contribution is -0.116. The number of nitrogens with two attached hydrogens (primary N) is 1. The van der Waals surface area contributed by atoms with Crippen LogP contribution in [0.5, 0.6) is 0 Å². The summed E-state index contributed by atoms with van der Waals surface area (Å²) in [4.78, 5) is 17.0. The van der Waals surface area contributed by atoms with Gasteiger partial charge in [0.1, 0.15) is 5.82 Å². The highest BCUT2D eigenvalue weighted by Crippen LogP contribution is 2.25. The van der Waals surface area contributed by atoms with Crippen LogP contribution in [0.25, 0.3) is 0 Å². The maximum atomic E-state index is 13.2. The van der Waals surface area contributed by atoms with Gasteiger partial charge in [-0.15, -0.1) is 11.3 Å². The molecule has 3 N–H and O–H groups in total. The van der Waals surface area contributed by atoms with E-state index in [1.807, 2.05) is 13.0 Å². The van der Waals surface area contributed by atoms with Crippen LogP contribution in [0.4, 0.5) is 9.52 Å². The third kappa shape index (κ3) is 4.61. The fourth-order valence-electron chi connectivity index (χ4n) is 1.94. The Kier molecular flexibility index (Phi) is 5.03. The lowest BCUT2D eigenvalue weighted by Crippen LogP contribution is -2.23. The maximum absolute atomic E-state index is 13.2. The number of halogens is 1. The van der Waals surface area contributed by atoms with Crippen molar-refractivity contribution in [2.45, 2.75) is 32.7 Å². The van der Waals surface area contributed by atoms with E-state index in [1.54, 1.807) is 13.0 Å². The van der Waals surface area contributed by atoms with Gasteiger partial charge in [-0.2, -0.15) is 0 Å². The zero-order valence-electron chi connectivity index (χ0n) is 12.0. The molecule has 0 saturated heterocycles. The van der Waals surface area contributed by atoms with Crippen molar-refractivity contribution in [3.05, 3.63) is 46.2 Å². The maximum Gasteiger partial charge on any atom is 0.227 e. The Bertz CT molecular complexity index is 640. The fourth-order valence-corrected chi connectivity index (χ4v) is 2.95. The predicted octanol–water partition coefficient (Wildman–Crippen LogP) is 2.86. The number of hydrogen-bond acceptors (Lipinski definition) is 4. The number of anilines is 1. The summed E-state index contributed by atoms with van der Waals surface area (Å²) in [5.41, 5.74) is 7.32. The Hall–Kier alpha value is -1.79. The van der Waals surface area contributed by atoms with Crippen LogP contribution in [0.1, 0.15) is 29.5 Å². The Morgan fingerprint density at radius 1 is 1.52 bits per heavy atom. The van der Waals surface area contributed by atoms with Crippen LogP contribution in [0.15, 0.2) is 24.3 Å². The number of hydrogen-bond donors (Lipinski definition) is 2. The minimum Gasteiger partial charge on any atom is -0.327 e. The van der Waals surface area contributed by atoms with Gasteiger partial charge in [0.05, 0.1) is 5.69 Å². The summed E-state index contributed by atoms with van der Waals surface area (Å²) in [6.07, 6.45) is 0.863. The van der Waals surface area contributed by atoms with Gasteiger partial charge in [0.25, 0.3) is 0 Å². The van der Waals surface area contributed by atoms with Gasteiger partial charge in [-0.25, -0.2) is 9.37 Å². The van der Waals surface area contributed by atoms with Crippen molar-refractivity contribution in [3.8, 4) is 0 Å². The SMILES string of the molecule is Cc1nc(NC(=O)CC(C)N)sc1Cc1cccc(F)c1. The molecule has 0 fully saturated rings. The number of amides is 1. The van der Waals surface area contributed by atoms with Crippen LogP contribution in [-0.4, -0.2) is 16.9 Å². The molecule has 1 heterocycles. The zero-order valence-corrected chi connectivity index (χ0v) is 12.8. The molecule has 1 aromatic carbocycles. The number of rotatable bonds is 5. The lowest BCUT2D eigenvalue weighted by atomic mass is 10.1. The highest BCUT2D eigenvalue weighted by molar-refractivity contribution is 7.15. The first-order valence-electron chi connectivity index (χ1n) is 6.70. The van der Waals surface area contributed by atoms with Gasteiger partial charge in [-0.3, -0.25) is 4.79 Å². The first kappa shape index (κ1) is 15.6. The molecule has 0 aliphatic heterocycles. The van der Waals surface area contributed by atoms with Gasteiger partial charge < -0.3 is 11.1 Å². The number of benzene rings is 1. The van der Waals surface area contributed by atoms with E-state index in [0.29, 0.717) is 11.6 Å². The molecule has 21 heavy (non-hydrogen) atoms. The molecule has 0 aliphatic rings. The van der Waals surface area contributed by atoms with Crippen molar-refractivity contribution >= 4 is 22.4 Å². The van der Waals surface area contributed by atoms with Crippen LogP contribution < -0.4 is 11.1 Å².